The fourth-order valence-corrected chi connectivity index (χ4v) is 4.05. The van der Waals surface area contributed by atoms with Gasteiger partial charge >= 0.3 is 0 Å². The van der Waals surface area contributed by atoms with Crippen LogP contribution >= 0.6 is 0 Å². The highest BCUT2D eigenvalue weighted by molar-refractivity contribution is 5.94. The fraction of sp³-hybridized carbons (Fsp3) is 0.600. The molecule has 2 fully saturated rings. The van der Waals surface area contributed by atoms with Gasteiger partial charge in [-0.15, -0.1) is 0 Å². The lowest BCUT2D eigenvalue weighted by molar-refractivity contribution is -0.146. The van der Waals surface area contributed by atoms with E-state index in [4.69, 9.17) is 0 Å². The van der Waals surface area contributed by atoms with E-state index < -0.39 is 0 Å². The first-order valence-electron chi connectivity index (χ1n) is 9.39. The Labute approximate surface area is 150 Å². The monoisotopic (exact) mass is 343 g/mol. The van der Waals surface area contributed by atoms with Gasteiger partial charge in [0.15, 0.2) is 0 Å². The van der Waals surface area contributed by atoms with Gasteiger partial charge in [-0.2, -0.15) is 0 Å². The molecule has 3 rings (SSSR count). The van der Waals surface area contributed by atoms with E-state index in [1.807, 2.05) is 40.1 Å². The normalized spacial score (nSPS) is 25.0. The zero-order valence-electron chi connectivity index (χ0n) is 15.4. The number of likely N-dealkylation sites (tertiary alicyclic amines) is 1. The van der Waals surface area contributed by atoms with E-state index in [2.05, 4.69) is 18.7 Å². The number of benzene rings is 1. The van der Waals surface area contributed by atoms with Gasteiger partial charge in [-0.05, 0) is 45.0 Å². The summed E-state index contributed by atoms with van der Waals surface area (Å²) >= 11 is 0. The van der Waals surface area contributed by atoms with Gasteiger partial charge in [-0.25, -0.2) is 0 Å². The number of piperazine rings is 1. The summed E-state index contributed by atoms with van der Waals surface area (Å²) in [6.07, 6.45) is 2.05. The van der Waals surface area contributed by atoms with Crippen molar-refractivity contribution >= 4 is 11.8 Å². The molecule has 5 heteroatoms. The van der Waals surface area contributed by atoms with Gasteiger partial charge < -0.3 is 14.7 Å². The van der Waals surface area contributed by atoms with Crippen LogP contribution in [0, 0.1) is 5.41 Å². The number of hydrogen-bond donors (Lipinski definition) is 0. The zero-order chi connectivity index (χ0) is 17.9. The van der Waals surface area contributed by atoms with Crippen molar-refractivity contribution < 1.29 is 9.59 Å². The van der Waals surface area contributed by atoms with Crippen LogP contribution in [-0.2, 0) is 4.79 Å². The van der Waals surface area contributed by atoms with Crippen LogP contribution in [0.15, 0.2) is 30.3 Å². The molecular weight excluding hydrogens is 314 g/mol. The van der Waals surface area contributed by atoms with Gasteiger partial charge in [0.2, 0.25) is 5.91 Å². The highest BCUT2D eigenvalue weighted by atomic mass is 16.2. The molecule has 1 aromatic rings. The summed E-state index contributed by atoms with van der Waals surface area (Å²) in [5, 5.41) is 0. The second kappa shape index (κ2) is 7.56. The third kappa shape index (κ3) is 3.87. The first-order chi connectivity index (χ1) is 12.0. The van der Waals surface area contributed by atoms with Crippen LogP contribution in [-0.4, -0.2) is 72.3 Å². The first-order valence-corrected chi connectivity index (χ1v) is 9.39. The van der Waals surface area contributed by atoms with Crippen molar-refractivity contribution in [2.45, 2.75) is 26.7 Å². The molecule has 2 heterocycles. The van der Waals surface area contributed by atoms with Crippen LogP contribution in [0.3, 0.4) is 0 Å². The highest BCUT2D eigenvalue weighted by Gasteiger charge is 2.40. The minimum Gasteiger partial charge on any atom is -0.339 e. The lowest BCUT2D eigenvalue weighted by Gasteiger charge is -2.44. The molecule has 0 aromatic heterocycles. The molecule has 2 aliphatic heterocycles. The standard InChI is InChI=1S/C20H29N3O2/c1-3-21-11-7-10-20(2,16-21)19(25)23-14-12-22(13-15-23)18(24)17-8-5-4-6-9-17/h4-6,8-9H,3,7,10-16H2,1-2H3. The largest absolute Gasteiger partial charge is 0.339 e. The van der Waals surface area contributed by atoms with Gasteiger partial charge in [0, 0.05) is 38.3 Å². The summed E-state index contributed by atoms with van der Waals surface area (Å²) in [5.41, 5.74) is 0.444. The van der Waals surface area contributed by atoms with E-state index in [0.717, 1.165) is 38.0 Å². The molecule has 0 aliphatic carbocycles. The maximum atomic E-state index is 13.1. The number of carbonyl (C=O) groups excluding carboxylic acids is 2. The Morgan fingerprint density at radius 2 is 1.64 bits per heavy atom. The van der Waals surface area contributed by atoms with Crippen molar-refractivity contribution in [2.24, 2.45) is 5.41 Å². The quantitative estimate of drug-likeness (QED) is 0.844. The first kappa shape index (κ1) is 17.9. The molecule has 0 bridgehead atoms. The second-order valence-electron chi connectivity index (χ2n) is 7.48. The molecular formula is C20H29N3O2. The van der Waals surface area contributed by atoms with E-state index >= 15 is 0 Å². The number of amides is 2. The number of carbonyl (C=O) groups is 2. The Balaban J connectivity index is 1.58. The predicted octanol–water partition coefficient (Wildman–Crippen LogP) is 2.09. The molecule has 2 amide bonds. The van der Waals surface area contributed by atoms with Gasteiger partial charge in [0.05, 0.1) is 5.41 Å². The van der Waals surface area contributed by atoms with Gasteiger partial charge in [-0.1, -0.05) is 25.1 Å². The summed E-state index contributed by atoms with van der Waals surface area (Å²) < 4.78 is 0. The summed E-state index contributed by atoms with van der Waals surface area (Å²) in [4.78, 5) is 31.8. The Hall–Kier alpha value is -1.88. The second-order valence-corrected chi connectivity index (χ2v) is 7.48. The van der Waals surface area contributed by atoms with Crippen LogP contribution in [0.1, 0.15) is 37.0 Å². The number of nitrogens with zero attached hydrogens (tertiary/aromatic N) is 3. The van der Waals surface area contributed by atoms with E-state index in [1.165, 1.54) is 0 Å². The van der Waals surface area contributed by atoms with Crippen molar-refractivity contribution in [3.8, 4) is 0 Å². The molecule has 1 atom stereocenters. The Morgan fingerprint density at radius 1 is 1.00 bits per heavy atom. The summed E-state index contributed by atoms with van der Waals surface area (Å²) in [6.45, 7) is 9.73. The van der Waals surface area contributed by atoms with Crippen LogP contribution < -0.4 is 0 Å². The number of rotatable bonds is 3. The molecule has 2 saturated heterocycles. The topological polar surface area (TPSA) is 43.9 Å². The molecule has 25 heavy (non-hydrogen) atoms. The minimum atomic E-state index is -0.278. The SMILES string of the molecule is CCN1CCCC(C)(C(=O)N2CCN(C(=O)c3ccccc3)CC2)C1. The van der Waals surface area contributed by atoms with Crippen LogP contribution in [0.4, 0.5) is 0 Å². The fourth-order valence-electron chi connectivity index (χ4n) is 4.05. The molecule has 136 valence electrons. The molecule has 1 aromatic carbocycles. The third-order valence-corrected chi connectivity index (χ3v) is 5.61. The number of piperidine rings is 1. The Morgan fingerprint density at radius 3 is 2.28 bits per heavy atom. The number of hydrogen-bond acceptors (Lipinski definition) is 3. The molecule has 0 spiro atoms. The zero-order valence-corrected chi connectivity index (χ0v) is 15.4. The van der Waals surface area contributed by atoms with Crippen molar-refractivity contribution in [1.29, 1.82) is 0 Å². The average Bonchev–Trinajstić information content (AvgIpc) is 2.67. The van der Waals surface area contributed by atoms with Crippen molar-refractivity contribution in [1.82, 2.24) is 14.7 Å². The third-order valence-electron chi connectivity index (χ3n) is 5.61. The summed E-state index contributed by atoms with van der Waals surface area (Å²) in [5.74, 6) is 0.325. The van der Waals surface area contributed by atoms with E-state index in [0.29, 0.717) is 26.2 Å². The van der Waals surface area contributed by atoms with Crippen LogP contribution in [0.25, 0.3) is 0 Å². The predicted molar refractivity (Wildman–Crippen MR) is 98.4 cm³/mol. The Kier molecular flexibility index (Phi) is 5.42. The van der Waals surface area contributed by atoms with Gasteiger partial charge in [-0.3, -0.25) is 9.59 Å². The molecule has 1 unspecified atom stereocenters. The molecule has 0 N–H and O–H groups in total. The lowest BCUT2D eigenvalue weighted by Crippen LogP contribution is -2.57. The molecule has 0 saturated carbocycles. The van der Waals surface area contributed by atoms with Crippen molar-refractivity contribution in [3.05, 3.63) is 35.9 Å². The highest BCUT2D eigenvalue weighted by Crippen LogP contribution is 2.32. The van der Waals surface area contributed by atoms with E-state index in [9.17, 15) is 9.59 Å². The molecule has 2 aliphatic rings. The minimum absolute atomic E-state index is 0.0636. The van der Waals surface area contributed by atoms with Crippen LogP contribution in [0.5, 0.6) is 0 Å². The van der Waals surface area contributed by atoms with Gasteiger partial charge in [0.25, 0.3) is 5.91 Å². The summed E-state index contributed by atoms with van der Waals surface area (Å²) in [7, 11) is 0. The molecule has 5 nitrogen and oxygen atoms in total. The smallest absolute Gasteiger partial charge is 0.253 e. The Bertz CT molecular complexity index is 611. The van der Waals surface area contributed by atoms with Crippen molar-refractivity contribution in [2.75, 3.05) is 45.8 Å². The van der Waals surface area contributed by atoms with Gasteiger partial charge in [0.1, 0.15) is 0 Å². The maximum Gasteiger partial charge on any atom is 0.253 e. The summed E-state index contributed by atoms with van der Waals surface area (Å²) in [6, 6.07) is 9.38. The maximum absolute atomic E-state index is 13.1. The average molecular weight is 343 g/mol. The van der Waals surface area contributed by atoms with Crippen LogP contribution in [0.2, 0.25) is 0 Å². The van der Waals surface area contributed by atoms with Crippen molar-refractivity contribution in [3.63, 3.8) is 0 Å². The lowest BCUT2D eigenvalue weighted by atomic mass is 9.80. The van der Waals surface area contributed by atoms with E-state index in [1.54, 1.807) is 0 Å². The van der Waals surface area contributed by atoms with E-state index in [-0.39, 0.29) is 17.2 Å². The molecule has 0 radical (unpaired) electrons.